The highest BCUT2D eigenvalue weighted by molar-refractivity contribution is 6.31. The third-order valence-electron chi connectivity index (χ3n) is 9.74. The summed E-state index contributed by atoms with van der Waals surface area (Å²) in [6, 6.07) is 9.22. The van der Waals surface area contributed by atoms with Crippen LogP contribution in [-0.4, -0.2) is 46.3 Å². The van der Waals surface area contributed by atoms with E-state index in [1.54, 1.807) is 11.0 Å². The molecule has 5 rings (SSSR count). The van der Waals surface area contributed by atoms with Crippen LogP contribution in [0.5, 0.6) is 0 Å². The zero-order valence-electron chi connectivity index (χ0n) is 23.0. The van der Waals surface area contributed by atoms with Crippen molar-refractivity contribution in [2.24, 2.45) is 5.92 Å². The van der Waals surface area contributed by atoms with E-state index in [9.17, 15) is 32.3 Å². The zero-order chi connectivity index (χ0) is 30.0. The quantitative estimate of drug-likeness (QED) is 0.365. The second-order valence-electron chi connectivity index (χ2n) is 12.2. The normalized spacial score (nSPS) is 29.4. The lowest BCUT2D eigenvalue weighted by Crippen LogP contribution is -2.55. The molecule has 10 heteroatoms. The average molecular weight is 598 g/mol. The Balaban J connectivity index is 1.53. The maximum atomic E-state index is 16.1. The van der Waals surface area contributed by atoms with Crippen LogP contribution in [0.15, 0.2) is 36.4 Å². The van der Waals surface area contributed by atoms with Crippen molar-refractivity contribution in [1.82, 2.24) is 4.90 Å². The molecule has 2 aliphatic carbocycles. The Kier molecular flexibility index (Phi) is 7.45. The van der Waals surface area contributed by atoms with Gasteiger partial charge in [-0.2, -0.15) is 13.2 Å². The fraction of sp³-hybridized carbons (Fsp3) is 0.548. The number of aliphatic carboxylic acids is 1. The van der Waals surface area contributed by atoms with Gasteiger partial charge in [-0.05, 0) is 99.1 Å². The van der Waals surface area contributed by atoms with Gasteiger partial charge in [0.1, 0.15) is 0 Å². The SMILES string of the molecule is Cc1ccc(CC23CCN(C(=O)C4(F)CCC(C(=O)O)CC4)C2CCc2cc(C(C)(F)C(F)(F)F)ccc23)cc1Cl. The summed E-state index contributed by atoms with van der Waals surface area (Å²) in [5.74, 6) is -2.32. The van der Waals surface area contributed by atoms with Crippen LogP contribution >= 0.6 is 11.6 Å². The number of rotatable bonds is 5. The largest absolute Gasteiger partial charge is 0.481 e. The van der Waals surface area contributed by atoms with E-state index in [2.05, 4.69) is 0 Å². The minimum absolute atomic E-state index is 0.0793. The maximum absolute atomic E-state index is 16.1. The molecular weight excluding hydrogens is 565 g/mol. The molecule has 1 amide bonds. The fourth-order valence-electron chi connectivity index (χ4n) is 7.17. The van der Waals surface area contributed by atoms with Crippen molar-refractivity contribution < 1.29 is 36.6 Å². The molecule has 0 radical (unpaired) electrons. The van der Waals surface area contributed by atoms with Crippen LogP contribution in [0.25, 0.3) is 0 Å². The van der Waals surface area contributed by atoms with Crippen molar-refractivity contribution in [3.63, 3.8) is 0 Å². The molecule has 0 spiro atoms. The number of hydrogen-bond donors (Lipinski definition) is 1. The summed E-state index contributed by atoms with van der Waals surface area (Å²) in [7, 11) is 0. The molecule has 3 atom stereocenters. The summed E-state index contributed by atoms with van der Waals surface area (Å²) < 4.78 is 71.6. The van der Waals surface area contributed by atoms with Crippen LogP contribution in [0.1, 0.15) is 73.3 Å². The van der Waals surface area contributed by atoms with E-state index in [0.717, 1.165) is 16.7 Å². The molecule has 4 nitrogen and oxygen atoms in total. The molecular formula is C31H33ClF5NO3. The molecule has 1 N–H and O–H groups in total. The van der Waals surface area contributed by atoms with E-state index >= 15 is 4.39 Å². The molecule has 41 heavy (non-hydrogen) atoms. The van der Waals surface area contributed by atoms with Gasteiger partial charge in [-0.15, -0.1) is 0 Å². The lowest BCUT2D eigenvalue weighted by Gasteiger charge is -2.45. The number of benzene rings is 2. The zero-order valence-corrected chi connectivity index (χ0v) is 23.7. The monoisotopic (exact) mass is 597 g/mol. The Bertz CT molecular complexity index is 1370. The van der Waals surface area contributed by atoms with Crippen molar-refractivity contribution >= 4 is 23.5 Å². The molecule has 1 saturated carbocycles. The van der Waals surface area contributed by atoms with E-state index in [0.29, 0.717) is 43.2 Å². The molecule has 2 fully saturated rings. The van der Waals surface area contributed by atoms with Gasteiger partial charge in [0.05, 0.1) is 5.92 Å². The van der Waals surface area contributed by atoms with Crippen molar-refractivity contribution in [1.29, 1.82) is 0 Å². The number of carbonyl (C=O) groups is 2. The number of likely N-dealkylation sites (tertiary alicyclic amines) is 1. The number of alkyl halides is 5. The summed E-state index contributed by atoms with van der Waals surface area (Å²) in [5, 5.41) is 9.88. The molecule has 1 aliphatic heterocycles. The third kappa shape index (κ3) is 5.02. The highest BCUT2D eigenvalue weighted by Crippen LogP contribution is 2.52. The number of amides is 1. The van der Waals surface area contributed by atoms with Gasteiger partial charge in [0.25, 0.3) is 5.91 Å². The topological polar surface area (TPSA) is 57.6 Å². The van der Waals surface area contributed by atoms with Gasteiger partial charge in [-0.25, -0.2) is 8.78 Å². The summed E-state index contributed by atoms with van der Waals surface area (Å²) >= 11 is 6.41. The first-order chi connectivity index (χ1) is 19.1. The Morgan fingerprint density at radius 3 is 2.34 bits per heavy atom. The first kappa shape index (κ1) is 29.8. The number of carboxylic acid groups (broad SMARTS) is 1. The van der Waals surface area contributed by atoms with E-state index in [-0.39, 0.29) is 32.2 Å². The standard InChI is InChI=1S/C31H33ClF5NO3/c1-18-3-4-19(15-24(18)32)17-29-13-14-38(27(41)30(34)11-9-20(10-12-30)26(39)40)25(29)8-5-21-16-22(6-7-23(21)29)28(2,33)31(35,36)37/h3-4,6-7,15-16,20,25H,5,8-14,17H2,1-2H3,(H,39,40). The Hall–Kier alpha value is -2.68. The molecule has 1 heterocycles. The third-order valence-corrected chi connectivity index (χ3v) is 10.2. The van der Waals surface area contributed by atoms with Crippen molar-refractivity contribution in [3.05, 3.63) is 69.2 Å². The molecule has 0 aromatic heterocycles. The minimum Gasteiger partial charge on any atom is -0.481 e. The van der Waals surface area contributed by atoms with Crippen LogP contribution in [0.4, 0.5) is 22.0 Å². The second-order valence-corrected chi connectivity index (χ2v) is 12.6. The van der Waals surface area contributed by atoms with Gasteiger partial charge in [-0.3, -0.25) is 9.59 Å². The Labute approximate surface area is 240 Å². The van der Waals surface area contributed by atoms with E-state index in [1.807, 2.05) is 25.1 Å². The number of hydrogen-bond acceptors (Lipinski definition) is 2. The van der Waals surface area contributed by atoms with E-state index < -0.39 is 52.3 Å². The number of halogens is 6. The molecule has 222 valence electrons. The maximum Gasteiger partial charge on any atom is 0.426 e. The van der Waals surface area contributed by atoms with Crippen LogP contribution in [0.2, 0.25) is 5.02 Å². The molecule has 3 aliphatic rings. The molecule has 0 bridgehead atoms. The van der Waals surface area contributed by atoms with E-state index in [4.69, 9.17) is 11.6 Å². The predicted octanol–water partition coefficient (Wildman–Crippen LogP) is 7.41. The Morgan fingerprint density at radius 1 is 1.05 bits per heavy atom. The lowest BCUT2D eigenvalue weighted by molar-refractivity contribution is -0.228. The molecule has 3 unspecified atom stereocenters. The average Bonchev–Trinajstić information content (AvgIpc) is 3.28. The van der Waals surface area contributed by atoms with Crippen LogP contribution in [-0.2, 0) is 33.5 Å². The number of carbonyl (C=O) groups excluding carboxylic acids is 1. The number of carboxylic acids is 1. The Morgan fingerprint density at radius 2 is 1.73 bits per heavy atom. The number of aryl methyl sites for hydroxylation is 2. The second kappa shape index (κ2) is 10.2. The first-order valence-corrected chi connectivity index (χ1v) is 14.3. The lowest BCUT2D eigenvalue weighted by atomic mass is 9.63. The number of nitrogens with zero attached hydrogens (tertiary/aromatic N) is 1. The van der Waals surface area contributed by atoms with Crippen LogP contribution in [0.3, 0.4) is 0 Å². The summed E-state index contributed by atoms with van der Waals surface area (Å²) in [6.07, 6.45) is -3.71. The molecule has 1 saturated heterocycles. The van der Waals surface area contributed by atoms with Gasteiger partial charge in [0, 0.05) is 23.0 Å². The van der Waals surface area contributed by atoms with Crippen molar-refractivity contribution in [2.75, 3.05) is 6.54 Å². The minimum atomic E-state index is -5.08. The summed E-state index contributed by atoms with van der Waals surface area (Å²) in [6.45, 7) is 2.64. The van der Waals surface area contributed by atoms with Gasteiger partial charge in [0.2, 0.25) is 5.67 Å². The summed E-state index contributed by atoms with van der Waals surface area (Å²) in [4.78, 5) is 26.7. The number of fused-ring (bicyclic) bond motifs is 3. The summed E-state index contributed by atoms with van der Waals surface area (Å²) in [5.41, 5.74) is -3.81. The van der Waals surface area contributed by atoms with Crippen molar-refractivity contribution in [2.45, 2.75) is 94.2 Å². The van der Waals surface area contributed by atoms with Gasteiger partial charge < -0.3 is 10.0 Å². The predicted molar refractivity (Wildman–Crippen MR) is 144 cm³/mol. The van der Waals surface area contributed by atoms with Crippen LogP contribution in [0, 0.1) is 12.8 Å². The highest BCUT2D eigenvalue weighted by Gasteiger charge is 2.57. The first-order valence-electron chi connectivity index (χ1n) is 14.0. The van der Waals surface area contributed by atoms with Gasteiger partial charge >= 0.3 is 12.1 Å². The molecule has 2 aromatic carbocycles. The van der Waals surface area contributed by atoms with Crippen LogP contribution < -0.4 is 0 Å². The fourth-order valence-corrected chi connectivity index (χ4v) is 7.37. The molecule has 2 aromatic rings. The van der Waals surface area contributed by atoms with Gasteiger partial charge in [0.15, 0.2) is 5.67 Å². The highest BCUT2D eigenvalue weighted by atomic mass is 35.5. The van der Waals surface area contributed by atoms with E-state index in [1.165, 1.54) is 12.1 Å². The van der Waals surface area contributed by atoms with Crippen molar-refractivity contribution in [3.8, 4) is 0 Å². The van der Waals surface area contributed by atoms with Gasteiger partial charge in [-0.1, -0.05) is 41.9 Å². The smallest absolute Gasteiger partial charge is 0.426 e.